The van der Waals surface area contributed by atoms with Crippen molar-refractivity contribution in [1.29, 1.82) is 0 Å². The van der Waals surface area contributed by atoms with Crippen molar-refractivity contribution in [3.63, 3.8) is 0 Å². The molecule has 0 radical (unpaired) electrons. The molecule has 0 unspecified atom stereocenters. The zero-order chi connectivity index (χ0) is 14.5. The molecule has 112 valence electrons. The number of carbonyl (C=O) groups excluding carboxylic acids is 1. The van der Waals surface area contributed by atoms with Crippen LogP contribution in [0, 0.1) is 0 Å². The molecule has 1 aliphatic rings. The summed E-state index contributed by atoms with van der Waals surface area (Å²) >= 11 is 1.70. The maximum Gasteiger partial charge on any atom is 0.232 e. The van der Waals surface area contributed by atoms with Crippen LogP contribution in [0.5, 0.6) is 0 Å². The van der Waals surface area contributed by atoms with Crippen LogP contribution in [0.4, 0.5) is 0 Å². The van der Waals surface area contributed by atoms with Crippen molar-refractivity contribution >= 4 is 17.7 Å². The molecular formula is C13H23N5OS. The average Bonchev–Trinajstić information content (AvgIpc) is 2.94. The Morgan fingerprint density at radius 1 is 1.50 bits per heavy atom. The first kappa shape index (κ1) is 15.3. The van der Waals surface area contributed by atoms with E-state index >= 15 is 0 Å². The first-order chi connectivity index (χ1) is 9.60. The fourth-order valence-corrected chi connectivity index (χ4v) is 2.95. The molecule has 1 aromatic rings. The van der Waals surface area contributed by atoms with E-state index in [0.29, 0.717) is 23.6 Å². The van der Waals surface area contributed by atoms with Gasteiger partial charge in [0.25, 0.3) is 0 Å². The lowest BCUT2D eigenvalue weighted by Gasteiger charge is -2.32. The van der Waals surface area contributed by atoms with E-state index in [9.17, 15) is 4.79 Å². The predicted molar refractivity (Wildman–Crippen MR) is 80.4 cm³/mol. The molecule has 20 heavy (non-hydrogen) atoms. The van der Waals surface area contributed by atoms with Crippen molar-refractivity contribution in [2.45, 2.75) is 44.5 Å². The monoisotopic (exact) mass is 297 g/mol. The number of nitrogens with zero attached hydrogens (tertiary/aromatic N) is 4. The summed E-state index contributed by atoms with van der Waals surface area (Å²) < 4.78 is 1.90. The summed E-state index contributed by atoms with van der Waals surface area (Å²) in [4.78, 5) is 14.0. The lowest BCUT2D eigenvalue weighted by atomic mass is 10.1. The lowest BCUT2D eigenvalue weighted by molar-refractivity contribution is -0.129. The van der Waals surface area contributed by atoms with Crippen LogP contribution < -0.4 is 5.73 Å². The predicted octanol–water partition coefficient (Wildman–Crippen LogP) is 1.04. The Morgan fingerprint density at radius 3 is 2.75 bits per heavy atom. The minimum Gasteiger partial charge on any atom is -0.342 e. The molecule has 0 spiro atoms. The second kappa shape index (κ2) is 7.08. The van der Waals surface area contributed by atoms with Gasteiger partial charge in [-0.1, -0.05) is 19.1 Å². The van der Waals surface area contributed by atoms with Gasteiger partial charge in [-0.05, 0) is 18.1 Å². The van der Waals surface area contributed by atoms with Crippen LogP contribution in [0.2, 0.25) is 0 Å². The Bertz CT molecular complexity index is 440. The summed E-state index contributed by atoms with van der Waals surface area (Å²) in [5.41, 5.74) is 6.36. The Morgan fingerprint density at radius 2 is 2.20 bits per heavy atom. The maximum absolute atomic E-state index is 12.0. The third-order valence-electron chi connectivity index (χ3n) is 3.50. The molecule has 2 heterocycles. The largest absolute Gasteiger partial charge is 0.342 e. The molecule has 1 aliphatic heterocycles. The number of thioether (sulfide) groups is 1. The van der Waals surface area contributed by atoms with Crippen LogP contribution in [0.3, 0.4) is 0 Å². The number of likely N-dealkylation sites (tertiary alicyclic amines) is 1. The van der Waals surface area contributed by atoms with Crippen molar-refractivity contribution in [2.75, 3.05) is 18.8 Å². The highest BCUT2D eigenvalue weighted by molar-refractivity contribution is 8.00. The number of amides is 1. The van der Waals surface area contributed by atoms with Crippen LogP contribution in [-0.4, -0.2) is 49.9 Å². The summed E-state index contributed by atoms with van der Waals surface area (Å²) in [6.45, 7) is 6.26. The number of carbonyl (C=O) groups is 1. The van der Waals surface area contributed by atoms with Gasteiger partial charge in [0, 0.05) is 19.6 Å². The standard InChI is InChI=1S/C13H23N5OS/c1-10(2)20-9-13(19)17-5-3-12(4-6-17)18-8-11(7-14)15-16-18/h8,10,12H,3-7,9,14H2,1-2H3. The second-order valence-electron chi connectivity index (χ2n) is 5.37. The second-order valence-corrected chi connectivity index (χ2v) is 6.93. The normalized spacial score (nSPS) is 16.9. The number of hydrogen-bond acceptors (Lipinski definition) is 5. The van der Waals surface area contributed by atoms with Gasteiger partial charge < -0.3 is 10.6 Å². The van der Waals surface area contributed by atoms with Gasteiger partial charge in [-0.3, -0.25) is 4.79 Å². The fourth-order valence-electron chi connectivity index (χ4n) is 2.29. The molecule has 0 aliphatic carbocycles. The van der Waals surface area contributed by atoms with Crippen molar-refractivity contribution in [2.24, 2.45) is 5.73 Å². The third-order valence-corrected chi connectivity index (χ3v) is 4.58. The van der Waals surface area contributed by atoms with Crippen LogP contribution in [0.1, 0.15) is 38.4 Å². The molecule has 0 atom stereocenters. The molecule has 0 aromatic carbocycles. The van der Waals surface area contributed by atoms with Gasteiger partial charge in [0.2, 0.25) is 5.91 Å². The maximum atomic E-state index is 12.0. The molecular weight excluding hydrogens is 274 g/mol. The molecule has 1 fully saturated rings. The van der Waals surface area contributed by atoms with Gasteiger partial charge in [0.1, 0.15) is 0 Å². The van der Waals surface area contributed by atoms with Gasteiger partial charge in [-0.15, -0.1) is 16.9 Å². The highest BCUT2D eigenvalue weighted by atomic mass is 32.2. The Balaban J connectivity index is 1.81. The Kier molecular flexibility index (Phi) is 5.42. The Labute approximate surface area is 124 Å². The number of piperidine rings is 1. The zero-order valence-corrected chi connectivity index (χ0v) is 13.0. The molecule has 1 amide bonds. The number of nitrogens with two attached hydrogens (primary N) is 1. The molecule has 6 nitrogen and oxygen atoms in total. The molecule has 2 rings (SSSR count). The number of hydrogen-bond donors (Lipinski definition) is 1. The van der Waals surface area contributed by atoms with Crippen LogP contribution in [0.25, 0.3) is 0 Å². The van der Waals surface area contributed by atoms with Gasteiger partial charge in [-0.2, -0.15) is 0 Å². The summed E-state index contributed by atoms with van der Waals surface area (Å²) in [6, 6.07) is 0.338. The van der Waals surface area contributed by atoms with E-state index in [-0.39, 0.29) is 5.91 Å². The molecule has 0 saturated carbocycles. The zero-order valence-electron chi connectivity index (χ0n) is 12.2. The SMILES string of the molecule is CC(C)SCC(=O)N1CCC(n2cc(CN)nn2)CC1. The first-order valence-corrected chi connectivity index (χ1v) is 8.15. The first-order valence-electron chi connectivity index (χ1n) is 7.10. The highest BCUT2D eigenvalue weighted by Crippen LogP contribution is 2.22. The number of rotatable bonds is 5. The minimum absolute atomic E-state index is 0.253. The van der Waals surface area contributed by atoms with Gasteiger partial charge >= 0.3 is 0 Å². The van der Waals surface area contributed by atoms with E-state index in [1.807, 2.05) is 15.8 Å². The van der Waals surface area contributed by atoms with Crippen molar-refractivity contribution in [1.82, 2.24) is 19.9 Å². The minimum atomic E-state index is 0.253. The van der Waals surface area contributed by atoms with E-state index < -0.39 is 0 Å². The van der Waals surface area contributed by atoms with Crippen LogP contribution in [-0.2, 0) is 11.3 Å². The third kappa shape index (κ3) is 3.96. The molecule has 0 bridgehead atoms. The quantitative estimate of drug-likeness (QED) is 0.879. The van der Waals surface area contributed by atoms with E-state index in [4.69, 9.17) is 5.73 Å². The smallest absolute Gasteiger partial charge is 0.232 e. The van der Waals surface area contributed by atoms with E-state index in [1.165, 1.54) is 0 Å². The average molecular weight is 297 g/mol. The van der Waals surface area contributed by atoms with Crippen molar-refractivity contribution in [3.05, 3.63) is 11.9 Å². The lowest BCUT2D eigenvalue weighted by Crippen LogP contribution is -2.40. The van der Waals surface area contributed by atoms with Gasteiger partial charge in [0.15, 0.2) is 0 Å². The van der Waals surface area contributed by atoms with E-state index in [2.05, 4.69) is 24.2 Å². The Hall–Kier alpha value is -1.08. The van der Waals surface area contributed by atoms with E-state index in [1.54, 1.807) is 11.8 Å². The summed E-state index contributed by atoms with van der Waals surface area (Å²) in [6.07, 6.45) is 3.79. The summed E-state index contributed by atoms with van der Waals surface area (Å²) in [5.74, 6) is 0.839. The van der Waals surface area contributed by atoms with Gasteiger partial charge in [0.05, 0.1) is 23.7 Å². The fraction of sp³-hybridized carbons (Fsp3) is 0.769. The van der Waals surface area contributed by atoms with Gasteiger partial charge in [-0.25, -0.2) is 4.68 Å². The molecule has 7 heteroatoms. The molecule has 2 N–H and O–H groups in total. The topological polar surface area (TPSA) is 77.0 Å². The van der Waals surface area contributed by atoms with Crippen LogP contribution >= 0.6 is 11.8 Å². The van der Waals surface area contributed by atoms with Crippen molar-refractivity contribution in [3.8, 4) is 0 Å². The molecule has 1 saturated heterocycles. The molecule has 1 aromatic heterocycles. The number of aromatic nitrogens is 3. The highest BCUT2D eigenvalue weighted by Gasteiger charge is 2.24. The van der Waals surface area contributed by atoms with E-state index in [0.717, 1.165) is 31.6 Å². The van der Waals surface area contributed by atoms with Crippen molar-refractivity contribution < 1.29 is 4.79 Å². The van der Waals surface area contributed by atoms with Crippen LogP contribution in [0.15, 0.2) is 6.20 Å². The summed E-state index contributed by atoms with van der Waals surface area (Å²) in [7, 11) is 0. The summed E-state index contributed by atoms with van der Waals surface area (Å²) in [5, 5.41) is 8.64.